The smallest absolute Gasteiger partial charge is 0.444 e. The first-order valence-electron chi connectivity index (χ1n) is 10.2. The number of likely N-dealkylation sites (tertiary alicyclic amines) is 1. The number of benzene rings is 1. The summed E-state index contributed by atoms with van der Waals surface area (Å²) in [5, 5.41) is 4.48. The van der Waals surface area contributed by atoms with Crippen molar-refractivity contribution in [3.05, 3.63) is 35.7 Å². The van der Waals surface area contributed by atoms with Crippen molar-refractivity contribution in [1.29, 1.82) is 0 Å². The maximum absolute atomic E-state index is 13.1. The summed E-state index contributed by atoms with van der Waals surface area (Å²) in [4.78, 5) is 35.5. The summed E-state index contributed by atoms with van der Waals surface area (Å²) in [7, 11) is 1.34. The zero-order chi connectivity index (χ0) is 24.4. The lowest BCUT2D eigenvalue weighted by Gasteiger charge is -2.30. The van der Waals surface area contributed by atoms with E-state index in [1.165, 1.54) is 24.1 Å². The second-order valence-corrected chi connectivity index (χ2v) is 8.51. The van der Waals surface area contributed by atoms with E-state index in [0.29, 0.717) is 30.5 Å². The normalized spacial score (nSPS) is 16.7. The number of aromatic nitrogens is 2. The summed E-state index contributed by atoms with van der Waals surface area (Å²) >= 11 is 0. The van der Waals surface area contributed by atoms with Gasteiger partial charge in [0.2, 0.25) is 5.82 Å². The molecule has 33 heavy (non-hydrogen) atoms. The summed E-state index contributed by atoms with van der Waals surface area (Å²) in [5.74, 6) is -2.02. The van der Waals surface area contributed by atoms with Gasteiger partial charge in [-0.1, -0.05) is 29.4 Å². The third kappa shape index (κ3) is 6.01. The topological polar surface area (TPSA) is 98.0 Å². The molecule has 9 nitrogen and oxygen atoms in total. The number of hydroxylamine groups is 2. The van der Waals surface area contributed by atoms with E-state index in [1.807, 2.05) is 0 Å². The van der Waals surface area contributed by atoms with Crippen LogP contribution in [0.25, 0.3) is 11.4 Å². The Morgan fingerprint density at radius 3 is 2.42 bits per heavy atom. The average molecular weight is 470 g/mol. The first kappa shape index (κ1) is 24.5. The van der Waals surface area contributed by atoms with Crippen molar-refractivity contribution in [3.63, 3.8) is 0 Å². The van der Waals surface area contributed by atoms with Gasteiger partial charge in [-0.2, -0.15) is 18.2 Å². The Hall–Kier alpha value is -3.15. The zero-order valence-corrected chi connectivity index (χ0v) is 18.7. The van der Waals surface area contributed by atoms with Crippen molar-refractivity contribution in [2.75, 3.05) is 13.7 Å². The highest BCUT2D eigenvalue weighted by molar-refractivity contribution is 5.85. The van der Waals surface area contributed by atoms with Gasteiger partial charge < -0.3 is 9.26 Å². The molecule has 1 unspecified atom stereocenters. The molecule has 180 valence electrons. The highest BCUT2D eigenvalue weighted by atomic mass is 19.4. The molecule has 0 aliphatic carbocycles. The van der Waals surface area contributed by atoms with Crippen molar-refractivity contribution in [1.82, 2.24) is 20.1 Å². The summed E-state index contributed by atoms with van der Waals surface area (Å²) in [6.07, 6.45) is -4.14. The second kappa shape index (κ2) is 9.38. The molecule has 3 rings (SSSR count). The molecule has 12 heteroatoms. The fourth-order valence-electron chi connectivity index (χ4n) is 3.34. The molecule has 0 bridgehead atoms. The molecule has 2 aromatic rings. The SMILES string of the molecule is CON(Cc1ccc(-c2noc(C(F)(F)F)n2)cc1)C(=O)C1CCCN1C(=O)OC(C)(C)C. The van der Waals surface area contributed by atoms with Crippen molar-refractivity contribution in [2.45, 2.75) is 58.0 Å². The molecule has 0 saturated carbocycles. The van der Waals surface area contributed by atoms with E-state index < -0.39 is 35.7 Å². The molecule has 2 heterocycles. The van der Waals surface area contributed by atoms with E-state index in [4.69, 9.17) is 9.57 Å². The molecule has 1 aliphatic rings. The first-order valence-corrected chi connectivity index (χ1v) is 10.2. The summed E-state index contributed by atoms with van der Waals surface area (Å²) in [6.45, 7) is 5.72. The number of carbonyl (C=O) groups is 2. The van der Waals surface area contributed by atoms with Crippen LogP contribution in [0.4, 0.5) is 18.0 Å². The van der Waals surface area contributed by atoms with Crippen LogP contribution in [0.2, 0.25) is 0 Å². The third-order valence-electron chi connectivity index (χ3n) is 4.84. The fourth-order valence-corrected chi connectivity index (χ4v) is 3.34. The maximum atomic E-state index is 13.1. The van der Waals surface area contributed by atoms with Crippen LogP contribution in [0.3, 0.4) is 0 Å². The number of carbonyl (C=O) groups excluding carboxylic acids is 2. The minimum atomic E-state index is -4.72. The highest BCUT2D eigenvalue weighted by Gasteiger charge is 2.40. The number of halogens is 3. The summed E-state index contributed by atoms with van der Waals surface area (Å²) in [5.41, 5.74) is 0.283. The predicted octanol–water partition coefficient (Wildman–Crippen LogP) is 4.04. The Morgan fingerprint density at radius 1 is 1.21 bits per heavy atom. The van der Waals surface area contributed by atoms with Gasteiger partial charge in [-0.25, -0.2) is 9.86 Å². The van der Waals surface area contributed by atoms with Crippen LogP contribution in [-0.4, -0.2) is 57.4 Å². The van der Waals surface area contributed by atoms with Crippen molar-refractivity contribution in [3.8, 4) is 11.4 Å². The van der Waals surface area contributed by atoms with Gasteiger partial charge in [0, 0.05) is 12.1 Å². The van der Waals surface area contributed by atoms with E-state index in [9.17, 15) is 22.8 Å². The van der Waals surface area contributed by atoms with Gasteiger partial charge >= 0.3 is 18.2 Å². The van der Waals surface area contributed by atoms with Gasteiger partial charge in [-0.15, -0.1) is 0 Å². The van der Waals surface area contributed by atoms with Gasteiger partial charge in [0.25, 0.3) is 5.91 Å². The van der Waals surface area contributed by atoms with Gasteiger partial charge in [0.15, 0.2) is 0 Å². The van der Waals surface area contributed by atoms with Gasteiger partial charge in [-0.05, 0) is 39.2 Å². The van der Waals surface area contributed by atoms with Crippen molar-refractivity contribution in [2.24, 2.45) is 0 Å². The number of hydrogen-bond acceptors (Lipinski definition) is 7. The number of ether oxygens (including phenoxy) is 1. The molecule has 2 amide bonds. The Bertz CT molecular complexity index is 985. The number of hydrogen-bond donors (Lipinski definition) is 0. The van der Waals surface area contributed by atoms with Crippen LogP contribution in [0.1, 0.15) is 45.1 Å². The van der Waals surface area contributed by atoms with Crippen LogP contribution in [0, 0.1) is 0 Å². The summed E-state index contributed by atoms with van der Waals surface area (Å²) < 4.78 is 47.6. The quantitative estimate of drug-likeness (QED) is 0.608. The van der Waals surface area contributed by atoms with E-state index in [2.05, 4.69) is 14.7 Å². The standard InChI is InChI=1S/C21H25F3N4O5/c1-20(2,3)32-19(30)27-11-5-6-15(27)17(29)28(31-4)12-13-7-9-14(10-8-13)16-25-18(33-26-16)21(22,23)24/h7-10,15H,5-6,11-12H2,1-4H3. The largest absolute Gasteiger partial charge is 0.471 e. The Labute approximate surface area is 188 Å². The molecule has 1 atom stereocenters. The number of nitrogens with zero attached hydrogens (tertiary/aromatic N) is 4. The first-order chi connectivity index (χ1) is 15.4. The van der Waals surface area contributed by atoms with Crippen LogP contribution in [0.15, 0.2) is 28.8 Å². The molecule has 1 fully saturated rings. The zero-order valence-electron chi connectivity index (χ0n) is 18.7. The van der Waals surface area contributed by atoms with Crippen LogP contribution in [-0.2, 0) is 27.1 Å². The molecule has 1 saturated heterocycles. The minimum Gasteiger partial charge on any atom is -0.444 e. The van der Waals surface area contributed by atoms with Crippen molar-refractivity contribution < 1.29 is 36.9 Å². The molecule has 0 radical (unpaired) electrons. The summed E-state index contributed by atoms with van der Waals surface area (Å²) in [6, 6.07) is 5.54. The van der Waals surface area contributed by atoms with Crippen LogP contribution >= 0.6 is 0 Å². The monoisotopic (exact) mass is 470 g/mol. The number of alkyl halides is 3. The fraction of sp³-hybridized carbons (Fsp3) is 0.524. The van der Waals surface area contributed by atoms with E-state index in [0.717, 1.165) is 5.06 Å². The lowest BCUT2D eigenvalue weighted by atomic mass is 10.1. The van der Waals surface area contributed by atoms with Crippen molar-refractivity contribution >= 4 is 12.0 Å². The van der Waals surface area contributed by atoms with Gasteiger partial charge in [0.1, 0.15) is 11.6 Å². The number of rotatable bonds is 5. The van der Waals surface area contributed by atoms with E-state index >= 15 is 0 Å². The lowest BCUT2D eigenvalue weighted by Crippen LogP contribution is -2.48. The molecular weight excluding hydrogens is 445 g/mol. The van der Waals surface area contributed by atoms with Crippen LogP contribution < -0.4 is 0 Å². The lowest BCUT2D eigenvalue weighted by molar-refractivity contribution is -0.183. The average Bonchev–Trinajstić information content (AvgIpc) is 3.40. The molecule has 0 N–H and O–H groups in total. The van der Waals surface area contributed by atoms with E-state index in [-0.39, 0.29) is 12.4 Å². The van der Waals surface area contributed by atoms with E-state index in [1.54, 1.807) is 32.9 Å². The predicted molar refractivity (Wildman–Crippen MR) is 108 cm³/mol. The molecule has 1 aromatic carbocycles. The molecule has 1 aromatic heterocycles. The van der Waals surface area contributed by atoms with Gasteiger partial charge in [0.05, 0.1) is 13.7 Å². The highest BCUT2D eigenvalue weighted by Crippen LogP contribution is 2.29. The third-order valence-corrected chi connectivity index (χ3v) is 4.84. The maximum Gasteiger partial charge on any atom is 0.471 e. The minimum absolute atomic E-state index is 0.0638. The van der Waals surface area contributed by atoms with Gasteiger partial charge in [-0.3, -0.25) is 14.5 Å². The molecular formula is C21H25F3N4O5. The Balaban J connectivity index is 1.68. The molecule has 0 spiro atoms. The van der Waals surface area contributed by atoms with Crippen LogP contribution in [0.5, 0.6) is 0 Å². The Morgan fingerprint density at radius 2 is 1.88 bits per heavy atom. The second-order valence-electron chi connectivity index (χ2n) is 8.51. The number of amides is 2. The Kier molecular flexibility index (Phi) is 6.96. The molecule has 1 aliphatic heterocycles.